The molecule has 0 radical (unpaired) electrons. The van der Waals surface area contributed by atoms with E-state index < -0.39 is 20.0 Å². The highest BCUT2D eigenvalue weighted by Crippen LogP contribution is 2.14. The predicted octanol–water partition coefficient (Wildman–Crippen LogP) is 1.50. The van der Waals surface area contributed by atoms with E-state index in [1.165, 1.54) is 24.3 Å². The molecule has 0 aliphatic rings. The standard InChI is InChI=1S/C16H16N4O4S3/c21-26(22,13-7-3-1-4-8-13)17-11-15-19-20-16(25-15)12-18-27(23,24)14-9-5-2-6-10-14/h1-10,17-18H,11-12H2. The molecule has 0 spiro atoms. The van der Waals surface area contributed by atoms with Crippen molar-refractivity contribution in [1.29, 1.82) is 0 Å². The van der Waals surface area contributed by atoms with Gasteiger partial charge in [0.1, 0.15) is 10.0 Å². The van der Waals surface area contributed by atoms with Crippen LogP contribution in [-0.4, -0.2) is 27.0 Å². The molecule has 0 atom stereocenters. The highest BCUT2D eigenvalue weighted by atomic mass is 32.2. The van der Waals surface area contributed by atoms with Gasteiger partial charge in [-0.3, -0.25) is 0 Å². The fourth-order valence-electron chi connectivity index (χ4n) is 2.11. The predicted molar refractivity (Wildman–Crippen MR) is 101 cm³/mol. The van der Waals surface area contributed by atoms with Crippen molar-refractivity contribution in [2.24, 2.45) is 0 Å². The van der Waals surface area contributed by atoms with Crippen molar-refractivity contribution in [3.8, 4) is 0 Å². The molecule has 0 aliphatic heterocycles. The number of nitrogens with zero attached hydrogens (tertiary/aromatic N) is 2. The van der Waals surface area contributed by atoms with Crippen LogP contribution in [0.25, 0.3) is 0 Å². The number of hydrogen-bond acceptors (Lipinski definition) is 7. The van der Waals surface area contributed by atoms with Gasteiger partial charge in [0.05, 0.1) is 22.9 Å². The molecule has 8 nitrogen and oxygen atoms in total. The summed E-state index contributed by atoms with van der Waals surface area (Å²) in [5.41, 5.74) is 0. The first-order valence-electron chi connectivity index (χ1n) is 7.77. The average Bonchev–Trinajstić information content (AvgIpc) is 3.15. The summed E-state index contributed by atoms with van der Waals surface area (Å²) in [6, 6.07) is 16.0. The maximum atomic E-state index is 12.2. The van der Waals surface area contributed by atoms with E-state index in [9.17, 15) is 16.8 Å². The van der Waals surface area contributed by atoms with Gasteiger partial charge in [0.2, 0.25) is 20.0 Å². The summed E-state index contributed by atoms with van der Waals surface area (Å²) in [6.07, 6.45) is 0. The molecule has 0 saturated carbocycles. The van der Waals surface area contributed by atoms with Crippen molar-refractivity contribution in [3.63, 3.8) is 0 Å². The van der Waals surface area contributed by atoms with Crippen LogP contribution in [0.2, 0.25) is 0 Å². The highest BCUT2D eigenvalue weighted by Gasteiger charge is 2.16. The van der Waals surface area contributed by atoms with Gasteiger partial charge in [-0.2, -0.15) is 0 Å². The van der Waals surface area contributed by atoms with Gasteiger partial charge in [-0.05, 0) is 24.3 Å². The van der Waals surface area contributed by atoms with E-state index >= 15 is 0 Å². The number of hydrogen-bond donors (Lipinski definition) is 2. The summed E-state index contributed by atoms with van der Waals surface area (Å²) in [6.45, 7) is -0.0549. The fourth-order valence-corrected chi connectivity index (χ4v) is 5.04. The summed E-state index contributed by atoms with van der Waals surface area (Å²) in [5.74, 6) is 0. The fraction of sp³-hybridized carbons (Fsp3) is 0.125. The van der Waals surface area contributed by atoms with Gasteiger partial charge < -0.3 is 0 Å². The van der Waals surface area contributed by atoms with Crippen LogP contribution in [0.3, 0.4) is 0 Å². The second-order valence-corrected chi connectivity index (χ2v) is 10.0. The summed E-state index contributed by atoms with van der Waals surface area (Å²) < 4.78 is 53.6. The molecule has 0 fully saturated rings. The molecule has 2 aromatic carbocycles. The van der Waals surface area contributed by atoms with Crippen LogP contribution < -0.4 is 9.44 Å². The molecule has 3 aromatic rings. The van der Waals surface area contributed by atoms with E-state index in [1.807, 2.05) is 0 Å². The summed E-state index contributed by atoms with van der Waals surface area (Å²) >= 11 is 1.13. The van der Waals surface area contributed by atoms with Crippen molar-refractivity contribution in [3.05, 3.63) is 70.7 Å². The van der Waals surface area contributed by atoms with Crippen molar-refractivity contribution in [1.82, 2.24) is 19.6 Å². The first kappa shape index (κ1) is 19.6. The first-order chi connectivity index (χ1) is 12.9. The Kier molecular flexibility index (Phi) is 5.97. The maximum Gasteiger partial charge on any atom is 0.240 e. The second-order valence-electron chi connectivity index (χ2n) is 5.36. The van der Waals surface area contributed by atoms with E-state index in [-0.39, 0.29) is 22.9 Å². The average molecular weight is 425 g/mol. The van der Waals surface area contributed by atoms with E-state index in [4.69, 9.17) is 0 Å². The van der Waals surface area contributed by atoms with Crippen LogP contribution in [-0.2, 0) is 33.1 Å². The smallest absolute Gasteiger partial charge is 0.207 e. The largest absolute Gasteiger partial charge is 0.240 e. The number of nitrogens with one attached hydrogen (secondary N) is 2. The molecule has 142 valence electrons. The SMILES string of the molecule is O=S(=O)(NCc1nnc(CNS(=O)(=O)c2ccccc2)s1)c1ccccc1. The Morgan fingerprint density at radius 2 is 1.04 bits per heavy atom. The Labute approximate surface area is 161 Å². The lowest BCUT2D eigenvalue weighted by Gasteiger charge is -2.04. The van der Waals surface area contributed by atoms with Crippen LogP contribution in [0.4, 0.5) is 0 Å². The zero-order valence-corrected chi connectivity index (χ0v) is 16.4. The minimum absolute atomic E-state index is 0.0275. The van der Waals surface area contributed by atoms with Crippen molar-refractivity contribution >= 4 is 31.4 Å². The number of benzene rings is 2. The molecule has 0 saturated heterocycles. The quantitative estimate of drug-likeness (QED) is 0.566. The van der Waals surface area contributed by atoms with Gasteiger partial charge >= 0.3 is 0 Å². The molecule has 27 heavy (non-hydrogen) atoms. The third kappa shape index (κ3) is 5.17. The third-order valence-corrected chi connectivity index (χ3v) is 7.20. The minimum atomic E-state index is -3.64. The summed E-state index contributed by atoms with van der Waals surface area (Å²) in [4.78, 5) is 0.315. The molecule has 0 bridgehead atoms. The third-order valence-electron chi connectivity index (χ3n) is 3.44. The molecular weight excluding hydrogens is 408 g/mol. The van der Waals surface area contributed by atoms with Gasteiger partial charge in [-0.15, -0.1) is 10.2 Å². The Bertz CT molecular complexity index is 1010. The van der Waals surface area contributed by atoms with Crippen LogP contribution in [0.5, 0.6) is 0 Å². The summed E-state index contributed by atoms with van der Waals surface area (Å²) in [5, 5.41) is 8.65. The Hall–Kier alpha value is -2.18. The highest BCUT2D eigenvalue weighted by molar-refractivity contribution is 7.89. The lowest BCUT2D eigenvalue weighted by molar-refractivity contribution is 0.578. The maximum absolute atomic E-state index is 12.2. The molecule has 1 aromatic heterocycles. The van der Waals surface area contributed by atoms with Crippen molar-refractivity contribution in [2.75, 3.05) is 0 Å². The van der Waals surface area contributed by atoms with E-state index in [1.54, 1.807) is 36.4 Å². The number of sulfonamides is 2. The zero-order chi connectivity index (χ0) is 19.3. The minimum Gasteiger partial charge on any atom is -0.207 e. The Morgan fingerprint density at radius 1 is 0.667 bits per heavy atom. The molecule has 0 unspecified atom stereocenters. The molecule has 1 heterocycles. The molecule has 0 aliphatic carbocycles. The molecular formula is C16H16N4O4S3. The topological polar surface area (TPSA) is 118 Å². The Balaban J connectivity index is 1.59. The van der Waals surface area contributed by atoms with Crippen LogP contribution in [0.15, 0.2) is 70.5 Å². The number of rotatable bonds is 8. The second kappa shape index (κ2) is 8.23. The Morgan fingerprint density at radius 3 is 1.41 bits per heavy atom. The van der Waals surface area contributed by atoms with Gasteiger partial charge in [-0.25, -0.2) is 26.3 Å². The van der Waals surface area contributed by atoms with Gasteiger partial charge in [0.15, 0.2) is 0 Å². The monoisotopic (exact) mass is 424 g/mol. The molecule has 3 rings (SSSR count). The lowest BCUT2D eigenvalue weighted by Crippen LogP contribution is -2.23. The van der Waals surface area contributed by atoms with Gasteiger partial charge in [0, 0.05) is 0 Å². The molecule has 0 amide bonds. The number of aromatic nitrogens is 2. The van der Waals surface area contributed by atoms with E-state index in [2.05, 4.69) is 19.6 Å². The van der Waals surface area contributed by atoms with E-state index in [0.29, 0.717) is 10.0 Å². The van der Waals surface area contributed by atoms with Crippen LogP contribution in [0.1, 0.15) is 10.0 Å². The van der Waals surface area contributed by atoms with E-state index in [0.717, 1.165) is 11.3 Å². The van der Waals surface area contributed by atoms with Gasteiger partial charge in [0.25, 0.3) is 0 Å². The van der Waals surface area contributed by atoms with Crippen molar-refractivity contribution < 1.29 is 16.8 Å². The molecule has 2 N–H and O–H groups in total. The lowest BCUT2D eigenvalue weighted by atomic mass is 10.4. The van der Waals surface area contributed by atoms with Crippen LogP contribution in [0, 0.1) is 0 Å². The molecule has 11 heteroatoms. The van der Waals surface area contributed by atoms with Crippen LogP contribution >= 0.6 is 11.3 Å². The van der Waals surface area contributed by atoms with Gasteiger partial charge in [-0.1, -0.05) is 47.7 Å². The van der Waals surface area contributed by atoms with Crippen molar-refractivity contribution in [2.45, 2.75) is 22.9 Å². The zero-order valence-electron chi connectivity index (χ0n) is 13.9. The first-order valence-corrected chi connectivity index (χ1v) is 11.6. The normalized spacial score (nSPS) is 12.1. The summed E-state index contributed by atoms with van der Waals surface area (Å²) in [7, 11) is -7.29.